The second-order valence-electron chi connectivity index (χ2n) is 3.26. The molecular weight excluding hydrogens is 242 g/mol. The SMILES string of the molecule is O=C(NCCn1ccnn1)c1cccnc1Cl. The van der Waals surface area contributed by atoms with Crippen molar-refractivity contribution in [3.8, 4) is 0 Å². The van der Waals surface area contributed by atoms with Crippen molar-refractivity contribution in [2.24, 2.45) is 0 Å². The van der Waals surface area contributed by atoms with E-state index in [2.05, 4.69) is 20.6 Å². The minimum atomic E-state index is -0.247. The molecule has 0 saturated carbocycles. The van der Waals surface area contributed by atoms with E-state index in [-0.39, 0.29) is 11.1 Å². The van der Waals surface area contributed by atoms with Gasteiger partial charge in [-0.15, -0.1) is 5.10 Å². The molecule has 0 aromatic carbocycles. The molecule has 0 aliphatic heterocycles. The number of halogens is 1. The molecule has 2 heterocycles. The molecule has 7 heteroatoms. The maximum absolute atomic E-state index is 11.7. The third-order valence-electron chi connectivity index (χ3n) is 2.10. The molecule has 0 fully saturated rings. The van der Waals surface area contributed by atoms with E-state index in [1.165, 1.54) is 6.20 Å². The molecule has 0 atom stereocenters. The minimum absolute atomic E-state index is 0.200. The molecule has 0 saturated heterocycles. The zero-order chi connectivity index (χ0) is 12.1. The van der Waals surface area contributed by atoms with Crippen LogP contribution in [0.3, 0.4) is 0 Å². The van der Waals surface area contributed by atoms with Crippen molar-refractivity contribution in [3.63, 3.8) is 0 Å². The number of pyridine rings is 1. The first-order valence-electron chi connectivity index (χ1n) is 5.00. The molecule has 0 radical (unpaired) electrons. The summed E-state index contributed by atoms with van der Waals surface area (Å²) in [5.41, 5.74) is 0.368. The van der Waals surface area contributed by atoms with E-state index in [9.17, 15) is 4.79 Å². The van der Waals surface area contributed by atoms with Gasteiger partial charge in [0.2, 0.25) is 0 Å². The number of aromatic nitrogens is 4. The van der Waals surface area contributed by atoms with Crippen LogP contribution in [0.2, 0.25) is 5.15 Å². The highest BCUT2D eigenvalue weighted by Crippen LogP contribution is 2.10. The van der Waals surface area contributed by atoms with Gasteiger partial charge in [0.05, 0.1) is 18.3 Å². The van der Waals surface area contributed by atoms with Gasteiger partial charge in [-0.1, -0.05) is 16.8 Å². The zero-order valence-corrected chi connectivity index (χ0v) is 9.63. The van der Waals surface area contributed by atoms with Crippen LogP contribution in [0.1, 0.15) is 10.4 Å². The van der Waals surface area contributed by atoms with E-state index in [0.29, 0.717) is 18.7 Å². The van der Waals surface area contributed by atoms with Gasteiger partial charge in [-0.25, -0.2) is 4.98 Å². The molecule has 6 nitrogen and oxygen atoms in total. The van der Waals surface area contributed by atoms with Crippen LogP contribution in [0.5, 0.6) is 0 Å². The Balaban J connectivity index is 1.88. The molecule has 1 N–H and O–H groups in total. The van der Waals surface area contributed by atoms with Gasteiger partial charge in [0.25, 0.3) is 5.91 Å². The van der Waals surface area contributed by atoms with E-state index in [1.54, 1.807) is 29.2 Å². The van der Waals surface area contributed by atoms with Crippen molar-refractivity contribution in [3.05, 3.63) is 41.4 Å². The van der Waals surface area contributed by atoms with Gasteiger partial charge >= 0.3 is 0 Å². The third-order valence-corrected chi connectivity index (χ3v) is 2.40. The Morgan fingerprint density at radius 1 is 1.47 bits per heavy atom. The van der Waals surface area contributed by atoms with Crippen molar-refractivity contribution in [2.45, 2.75) is 6.54 Å². The first-order valence-corrected chi connectivity index (χ1v) is 5.38. The van der Waals surface area contributed by atoms with Crippen molar-refractivity contribution in [1.29, 1.82) is 0 Å². The monoisotopic (exact) mass is 251 g/mol. The van der Waals surface area contributed by atoms with E-state index in [4.69, 9.17) is 11.6 Å². The number of amides is 1. The zero-order valence-electron chi connectivity index (χ0n) is 8.88. The topological polar surface area (TPSA) is 72.7 Å². The average Bonchev–Trinajstić information content (AvgIpc) is 2.82. The van der Waals surface area contributed by atoms with Crippen LogP contribution in [0.15, 0.2) is 30.7 Å². The highest BCUT2D eigenvalue weighted by atomic mass is 35.5. The largest absolute Gasteiger partial charge is 0.350 e. The van der Waals surface area contributed by atoms with Gasteiger partial charge in [0, 0.05) is 18.9 Å². The number of nitrogens with zero attached hydrogens (tertiary/aromatic N) is 4. The second-order valence-corrected chi connectivity index (χ2v) is 3.62. The fraction of sp³-hybridized carbons (Fsp3) is 0.200. The molecule has 2 rings (SSSR count). The summed E-state index contributed by atoms with van der Waals surface area (Å²) in [6.07, 6.45) is 4.84. The Morgan fingerprint density at radius 3 is 3.06 bits per heavy atom. The lowest BCUT2D eigenvalue weighted by Gasteiger charge is -2.05. The molecule has 88 valence electrons. The number of carbonyl (C=O) groups is 1. The van der Waals surface area contributed by atoms with E-state index >= 15 is 0 Å². The third kappa shape index (κ3) is 3.01. The fourth-order valence-electron chi connectivity index (χ4n) is 1.29. The summed E-state index contributed by atoms with van der Waals surface area (Å²) in [4.78, 5) is 15.5. The average molecular weight is 252 g/mol. The van der Waals surface area contributed by atoms with Crippen LogP contribution < -0.4 is 5.32 Å². The lowest BCUT2D eigenvalue weighted by Crippen LogP contribution is -2.27. The quantitative estimate of drug-likeness (QED) is 0.814. The van der Waals surface area contributed by atoms with Crippen LogP contribution in [-0.2, 0) is 6.54 Å². The standard InChI is InChI=1S/C10H10ClN5O/c11-9-8(2-1-3-12-9)10(17)13-4-6-16-7-5-14-15-16/h1-3,5,7H,4,6H2,(H,13,17). The summed E-state index contributed by atoms with van der Waals surface area (Å²) in [6.45, 7) is 1.01. The van der Waals surface area contributed by atoms with E-state index < -0.39 is 0 Å². The number of rotatable bonds is 4. The molecule has 1 amide bonds. The minimum Gasteiger partial charge on any atom is -0.350 e. The van der Waals surface area contributed by atoms with Gasteiger partial charge in [-0.3, -0.25) is 9.48 Å². The molecule has 0 bridgehead atoms. The highest BCUT2D eigenvalue weighted by Gasteiger charge is 2.09. The van der Waals surface area contributed by atoms with Crippen LogP contribution in [0, 0.1) is 0 Å². The summed E-state index contributed by atoms with van der Waals surface area (Å²) in [5, 5.41) is 10.4. The fourth-order valence-corrected chi connectivity index (χ4v) is 1.49. The van der Waals surface area contributed by atoms with Crippen molar-refractivity contribution in [2.75, 3.05) is 6.54 Å². The smallest absolute Gasteiger partial charge is 0.254 e. The van der Waals surface area contributed by atoms with Crippen LogP contribution in [0.4, 0.5) is 0 Å². The van der Waals surface area contributed by atoms with Gasteiger partial charge in [0.15, 0.2) is 0 Å². The molecule has 0 aliphatic carbocycles. The molecule has 2 aromatic rings. The molecule has 0 aliphatic rings. The number of hydrogen-bond acceptors (Lipinski definition) is 4. The highest BCUT2D eigenvalue weighted by molar-refractivity contribution is 6.32. The lowest BCUT2D eigenvalue weighted by molar-refractivity contribution is 0.0951. The Bertz CT molecular complexity index is 499. The van der Waals surface area contributed by atoms with Crippen LogP contribution in [0.25, 0.3) is 0 Å². The number of carbonyl (C=O) groups excluding carboxylic acids is 1. The summed E-state index contributed by atoms with van der Waals surface area (Å²) >= 11 is 5.80. The molecular formula is C10H10ClN5O. The summed E-state index contributed by atoms with van der Waals surface area (Å²) < 4.78 is 1.63. The van der Waals surface area contributed by atoms with Gasteiger partial charge in [-0.05, 0) is 12.1 Å². The van der Waals surface area contributed by atoms with Crippen molar-refractivity contribution < 1.29 is 4.79 Å². The molecule has 0 spiro atoms. The Morgan fingerprint density at radius 2 is 2.35 bits per heavy atom. The van der Waals surface area contributed by atoms with Gasteiger partial charge in [-0.2, -0.15) is 0 Å². The van der Waals surface area contributed by atoms with Crippen molar-refractivity contribution in [1.82, 2.24) is 25.3 Å². The first kappa shape index (κ1) is 11.5. The molecule has 2 aromatic heterocycles. The predicted octanol–water partition coefficient (Wildman–Crippen LogP) is 0.756. The normalized spacial score (nSPS) is 10.2. The maximum Gasteiger partial charge on any atom is 0.254 e. The van der Waals surface area contributed by atoms with Gasteiger partial charge < -0.3 is 5.32 Å². The van der Waals surface area contributed by atoms with Gasteiger partial charge in [0.1, 0.15) is 5.15 Å². The predicted molar refractivity (Wildman–Crippen MR) is 61.6 cm³/mol. The molecule has 17 heavy (non-hydrogen) atoms. The summed E-state index contributed by atoms with van der Waals surface area (Å²) in [5.74, 6) is -0.247. The Labute approximate surface area is 103 Å². The number of nitrogens with one attached hydrogen (secondary N) is 1. The summed E-state index contributed by atoms with van der Waals surface area (Å²) in [7, 11) is 0. The summed E-state index contributed by atoms with van der Waals surface area (Å²) in [6, 6.07) is 3.29. The molecule has 0 unspecified atom stereocenters. The second kappa shape index (κ2) is 5.40. The van der Waals surface area contributed by atoms with E-state index in [1.807, 2.05) is 0 Å². The lowest BCUT2D eigenvalue weighted by atomic mass is 10.2. The first-order chi connectivity index (χ1) is 8.27. The van der Waals surface area contributed by atoms with E-state index in [0.717, 1.165) is 0 Å². The van der Waals surface area contributed by atoms with Crippen molar-refractivity contribution >= 4 is 17.5 Å². The van der Waals surface area contributed by atoms with Crippen LogP contribution >= 0.6 is 11.6 Å². The Kier molecular flexibility index (Phi) is 3.66. The Hall–Kier alpha value is -1.95. The van der Waals surface area contributed by atoms with Crippen LogP contribution in [-0.4, -0.2) is 32.4 Å². The maximum atomic E-state index is 11.7. The number of hydrogen-bond donors (Lipinski definition) is 1.